The van der Waals surface area contributed by atoms with Crippen molar-refractivity contribution in [3.8, 4) is 5.75 Å². The number of aliphatic hydroxyl groups is 1. The summed E-state index contributed by atoms with van der Waals surface area (Å²) in [6, 6.07) is 7.70. The summed E-state index contributed by atoms with van der Waals surface area (Å²) in [7, 11) is 0. The molecule has 18 heavy (non-hydrogen) atoms. The molecule has 1 N–H and O–H groups in total. The summed E-state index contributed by atoms with van der Waals surface area (Å²) in [5, 5.41) is 10.1. The highest BCUT2D eigenvalue weighted by atomic mass is 16.5. The molecule has 0 radical (unpaired) electrons. The summed E-state index contributed by atoms with van der Waals surface area (Å²) >= 11 is 0. The van der Waals surface area contributed by atoms with Crippen LogP contribution < -0.4 is 4.74 Å². The van der Waals surface area contributed by atoms with E-state index in [1.807, 2.05) is 52.0 Å². The van der Waals surface area contributed by atoms with E-state index in [1.165, 1.54) is 0 Å². The van der Waals surface area contributed by atoms with Gasteiger partial charge in [-0.2, -0.15) is 0 Å². The molecule has 0 unspecified atom stereocenters. The van der Waals surface area contributed by atoms with Crippen LogP contribution in [0.25, 0.3) is 10.9 Å². The normalized spacial score (nSPS) is 11.8. The van der Waals surface area contributed by atoms with Crippen LogP contribution in [0.4, 0.5) is 0 Å². The van der Waals surface area contributed by atoms with Crippen molar-refractivity contribution in [2.75, 3.05) is 0 Å². The zero-order valence-electron chi connectivity index (χ0n) is 11.3. The zero-order chi connectivity index (χ0) is 13.3. The lowest BCUT2D eigenvalue weighted by molar-refractivity contribution is 0.133. The van der Waals surface area contributed by atoms with Gasteiger partial charge in [0.1, 0.15) is 11.4 Å². The van der Waals surface area contributed by atoms with Crippen LogP contribution in [0.15, 0.2) is 24.3 Å². The Morgan fingerprint density at radius 2 is 1.94 bits per heavy atom. The van der Waals surface area contributed by atoms with Crippen LogP contribution in [0, 0.1) is 6.92 Å². The second kappa shape index (κ2) is 4.58. The number of hydrogen-bond donors (Lipinski definition) is 1. The van der Waals surface area contributed by atoms with E-state index in [4.69, 9.17) is 9.84 Å². The molecule has 96 valence electrons. The molecule has 0 spiro atoms. The lowest BCUT2D eigenvalue weighted by atomic mass is 10.1. The Bertz CT molecular complexity index is 570. The molecule has 0 aliphatic carbocycles. The number of aliphatic hydroxyl groups excluding tert-OH is 1. The maximum atomic E-state index is 9.16. The molecule has 3 heteroatoms. The smallest absolute Gasteiger partial charge is 0.131 e. The van der Waals surface area contributed by atoms with Gasteiger partial charge in [0.05, 0.1) is 12.1 Å². The molecule has 0 fully saturated rings. The number of hydrogen-bond acceptors (Lipinski definition) is 3. The SMILES string of the molecule is Cc1cc(OC(C)(C)C)c2ccc(CO)cc2n1. The molecule has 0 saturated carbocycles. The van der Waals surface area contributed by atoms with Gasteiger partial charge in [-0.1, -0.05) is 6.07 Å². The highest BCUT2D eigenvalue weighted by molar-refractivity contribution is 5.85. The van der Waals surface area contributed by atoms with Gasteiger partial charge in [0, 0.05) is 17.1 Å². The topological polar surface area (TPSA) is 42.4 Å². The molecule has 3 nitrogen and oxygen atoms in total. The number of ether oxygens (including phenoxy) is 1. The van der Waals surface area contributed by atoms with Crippen molar-refractivity contribution < 1.29 is 9.84 Å². The third-order valence-electron chi connectivity index (χ3n) is 2.56. The Kier molecular flexibility index (Phi) is 3.26. The first-order valence-corrected chi connectivity index (χ1v) is 6.09. The molecule has 0 atom stereocenters. The Balaban J connectivity index is 2.59. The van der Waals surface area contributed by atoms with Gasteiger partial charge in [-0.3, -0.25) is 4.98 Å². The van der Waals surface area contributed by atoms with Gasteiger partial charge in [0.25, 0.3) is 0 Å². The second-order valence-corrected chi connectivity index (χ2v) is 5.49. The second-order valence-electron chi connectivity index (χ2n) is 5.49. The van der Waals surface area contributed by atoms with Crippen molar-refractivity contribution >= 4 is 10.9 Å². The molecule has 2 aromatic rings. The maximum absolute atomic E-state index is 9.16. The fourth-order valence-corrected chi connectivity index (χ4v) is 1.88. The first-order chi connectivity index (χ1) is 8.39. The van der Waals surface area contributed by atoms with Crippen molar-refractivity contribution in [2.45, 2.75) is 39.9 Å². The monoisotopic (exact) mass is 245 g/mol. The van der Waals surface area contributed by atoms with Crippen LogP contribution in [-0.4, -0.2) is 15.7 Å². The highest BCUT2D eigenvalue weighted by Crippen LogP contribution is 2.29. The predicted molar refractivity (Wildman–Crippen MR) is 72.8 cm³/mol. The number of nitrogens with zero attached hydrogens (tertiary/aromatic N) is 1. The van der Waals surface area contributed by atoms with E-state index in [-0.39, 0.29) is 12.2 Å². The minimum Gasteiger partial charge on any atom is -0.487 e. The zero-order valence-corrected chi connectivity index (χ0v) is 11.3. The Labute approximate surface area is 107 Å². The lowest BCUT2D eigenvalue weighted by Gasteiger charge is -2.22. The minimum absolute atomic E-state index is 0.0288. The Morgan fingerprint density at radius 1 is 1.22 bits per heavy atom. The minimum atomic E-state index is -0.240. The van der Waals surface area contributed by atoms with E-state index < -0.39 is 0 Å². The molecule has 0 amide bonds. The maximum Gasteiger partial charge on any atom is 0.131 e. The summed E-state index contributed by atoms with van der Waals surface area (Å²) < 4.78 is 5.97. The van der Waals surface area contributed by atoms with Crippen LogP contribution in [0.5, 0.6) is 5.75 Å². The number of pyridine rings is 1. The average molecular weight is 245 g/mol. The van der Waals surface area contributed by atoms with Gasteiger partial charge >= 0.3 is 0 Å². The molecule has 0 saturated heterocycles. The Morgan fingerprint density at radius 3 is 2.56 bits per heavy atom. The summed E-state index contributed by atoms with van der Waals surface area (Å²) in [6.07, 6.45) is 0. The largest absolute Gasteiger partial charge is 0.487 e. The summed E-state index contributed by atoms with van der Waals surface area (Å²) in [5.41, 5.74) is 2.40. The first-order valence-electron chi connectivity index (χ1n) is 6.09. The van der Waals surface area contributed by atoms with Crippen molar-refractivity contribution in [3.63, 3.8) is 0 Å². The van der Waals surface area contributed by atoms with Crippen molar-refractivity contribution in [1.82, 2.24) is 4.98 Å². The van der Waals surface area contributed by atoms with Gasteiger partial charge in [-0.05, 0) is 45.4 Å². The fraction of sp³-hybridized carbons (Fsp3) is 0.400. The first kappa shape index (κ1) is 12.8. The van der Waals surface area contributed by atoms with Crippen LogP contribution in [0.1, 0.15) is 32.0 Å². The van der Waals surface area contributed by atoms with Gasteiger partial charge < -0.3 is 9.84 Å². The molecule has 0 bridgehead atoms. The van der Waals surface area contributed by atoms with Crippen LogP contribution in [0.3, 0.4) is 0 Å². The van der Waals surface area contributed by atoms with Gasteiger partial charge in [-0.15, -0.1) is 0 Å². The van der Waals surface area contributed by atoms with E-state index in [1.54, 1.807) is 0 Å². The molecule has 0 aliphatic rings. The molecule has 2 rings (SSSR count). The number of aromatic nitrogens is 1. The molecule has 1 heterocycles. The van der Waals surface area contributed by atoms with Crippen molar-refractivity contribution in [3.05, 3.63) is 35.5 Å². The number of fused-ring (bicyclic) bond motifs is 1. The van der Waals surface area contributed by atoms with Crippen LogP contribution >= 0.6 is 0 Å². The van der Waals surface area contributed by atoms with Gasteiger partial charge in [-0.25, -0.2) is 0 Å². The van der Waals surface area contributed by atoms with E-state index in [2.05, 4.69) is 4.98 Å². The molecule has 1 aromatic carbocycles. The number of benzene rings is 1. The van der Waals surface area contributed by atoms with Gasteiger partial charge in [0.2, 0.25) is 0 Å². The van der Waals surface area contributed by atoms with E-state index in [0.29, 0.717) is 0 Å². The molecular formula is C15H19NO2. The Hall–Kier alpha value is -1.61. The summed E-state index contributed by atoms with van der Waals surface area (Å²) in [4.78, 5) is 4.48. The van der Waals surface area contributed by atoms with E-state index in [0.717, 1.165) is 27.9 Å². The van der Waals surface area contributed by atoms with Crippen LogP contribution in [-0.2, 0) is 6.61 Å². The van der Waals surface area contributed by atoms with E-state index in [9.17, 15) is 0 Å². The fourth-order valence-electron chi connectivity index (χ4n) is 1.88. The van der Waals surface area contributed by atoms with Crippen molar-refractivity contribution in [2.24, 2.45) is 0 Å². The average Bonchev–Trinajstić information content (AvgIpc) is 2.25. The molecular weight excluding hydrogens is 226 g/mol. The quantitative estimate of drug-likeness (QED) is 0.883. The number of aryl methyl sites for hydroxylation is 1. The van der Waals surface area contributed by atoms with E-state index >= 15 is 0 Å². The predicted octanol–water partition coefficient (Wildman–Crippen LogP) is 3.21. The highest BCUT2D eigenvalue weighted by Gasteiger charge is 2.15. The van der Waals surface area contributed by atoms with Crippen LogP contribution in [0.2, 0.25) is 0 Å². The molecule has 0 aliphatic heterocycles. The third-order valence-corrected chi connectivity index (χ3v) is 2.56. The third kappa shape index (κ3) is 2.79. The molecule has 1 aromatic heterocycles. The summed E-state index contributed by atoms with van der Waals surface area (Å²) in [6.45, 7) is 8.05. The van der Waals surface area contributed by atoms with Crippen molar-refractivity contribution in [1.29, 1.82) is 0 Å². The standard InChI is InChI=1S/C15H19NO2/c1-10-7-14(18-15(2,3)4)12-6-5-11(9-17)8-13(12)16-10/h5-8,17H,9H2,1-4H3. The summed E-state index contributed by atoms with van der Waals surface area (Å²) in [5.74, 6) is 0.842. The number of rotatable bonds is 2. The van der Waals surface area contributed by atoms with Gasteiger partial charge in [0.15, 0.2) is 0 Å². The lowest BCUT2D eigenvalue weighted by Crippen LogP contribution is -2.23.